The van der Waals surface area contributed by atoms with Gasteiger partial charge in [-0.3, -0.25) is 14.9 Å². The van der Waals surface area contributed by atoms with Gasteiger partial charge in [-0.2, -0.15) is 0 Å². The third kappa shape index (κ3) is 3.03. The van der Waals surface area contributed by atoms with E-state index in [2.05, 4.69) is 0 Å². The van der Waals surface area contributed by atoms with Gasteiger partial charge in [0.25, 0.3) is 11.6 Å². The lowest BCUT2D eigenvalue weighted by atomic mass is 10.1. The zero-order chi connectivity index (χ0) is 16.4. The summed E-state index contributed by atoms with van der Waals surface area (Å²) in [4.78, 5) is 34.8. The number of carbonyl (C=O) groups excluding carboxylic acids is 1. The zero-order valence-corrected chi connectivity index (χ0v) is 11.6. The number of morpholine rings is 1. The third-order valence-corrected chi connectivity index (χ3v) is 3.31. The van der Waals surface area contributed by atoms with Crippen LogP contribution in [0, 0.1) is 22.9 Å². The fourth-order valence-electron chi connectivity index (χ4n) is 2.29. The van der Waals surface area contributed by atoms with Crippen molar-refractivity contribution in [2.75, 3.05) is 19.7 Å². The molecule has 0 saturated carbocycles. The molecule has 0 aromatic heterocycles. The summed E-state index contributed by atoms with van der Waals surface area (Å²) in [6.45, 7) is 1.15. The highest BCUT2D eigenvalue weighted by molar-refractivity contribution is 5.99. The maximum absolute atomic E-state index is 13.5. The zero-order valence-electron chi connectivity index (χ0n) is 11.6. The molecule has 1 N–H and O–H groups in total. The molecular formula is C13H13FN2O6. The number of halogens is 1. The molecule has 1 aromatic rings. The van der Waals surface area contributed by atoms with Crippen LogP contribution in [-0.4, -0.2) is 52.6 Å². The molecule has 1 heterocycles. The van der Waals surface area contributed by atoms with Gasteiger partial charge in [-0.05, 0) is 19.1 Å². The molecule has 118 valence electrons. The molecule has 1 aromatic carbocycles. The monoisotopic (exact) mass is 312 g/mol. The predicted octanol–water partition coefficient (Wildman–Crippen LogP) is 0.968. The van der Waals surface area contributed by atoms with E-state index in [9.17, 15) is 24.1 Å². The molecule has 2 rings (SSSR count). The van der Waals surface area contributed by atoms with E-state index in [4.69, 9.17) is 9.84 Å². The Bertz CT molecular complexity index is 648. The summed E-state index contributed by atoms with van der Waals surface area (Å²) in [5.74, 6) is -2.79. The lowest BCUT2D eigenvalue weighted by molar-refractivity contribution is -0.385. The van der Waals surface area contributed by atoms with E-state index in [1.165, 1.54) is 6.92 Å². The van der Waals surface area contributed by atoms with Crippen molar-refractivity contribution in [3.63, 3.8) is 0 Å². The number of carboxylic acids is 1. The summed E-state index contributed by atoms with van der Waals surface area (Å²) in [5, 5.41) is 20.0. The highest BCUT2D eigenvalue weighted by Gasteiger charge is 2.33. The van der Waals surface area contributed by atoms with Crippen molar-refractivity contribution in [3.05, 3.63) is 39.2 Å². The largest absolute Gasteiger partial charge is 0.479 e. The fraction of sp³-hybridized carbons (Fsp3) is 0.385. The molecule has 1 fully saturated rings. The fourth-order valence-corrected chi connectivity index (χ4v) is 2.29. The van der Waals surface area contributed by atoms with Gasteiger partial charge < -0.3 is 14.7 Å². The van der Waals surface area contributed by atoms with Gasteiger partial charge in [-0.1, -0.05) is 0 Å². The molecule has 9 heteroatoms. The second-order valence-electron chi connectivity index (χ2n) is 4.82. The number of ether oxygens (including phenoxy) is 1. The second-order valence-corrected chi connectivity index (χ2v) is 4.82. The van der Waals surface area contributed by atoms with Crippen LogP contribution in [0.5, 0.6) is 0 Å². The minimum absolute atomic E-state index is 0.00912. The number of rotatable bonds is 3. The summed E-state index contributed by atoms with van der Waals surface area (Å²) < 4.78 is 18.5. The summed E-state index contributed by atoms with van der Waals surface area (Å²) in [6.07, 6.45) is -1.20. The normalized spacial score (nSPS) is 18.1. The maximum atomic E-state index is 13.5. The predicted molar refractivity (Wildman–Crippen MR) is 71.1 cm³/mol. The number of aliphatic carboxylic acids is 1. The van der Waals surface area contributed by atoms with Crippen molar-refractivity contribution in [1.29, 1.82) is 0 Å². The summed E-state index contributed by atoms with van der Waals surface area (Å²) in [7, 11) is 0. The van der Waals surface area contributed by atoms with E-state index in [1.807, 2.05) is 0 Å². The Morgan fingerprint density at radius 1 is 1.50 bits per heavy atom. The first-order valence-corrected chi connectivity index (χ1v) is 6.39. The molecule has 8 nitrogen and oxygen atoms in total. The number of nitrogens with zero attached hydrogens (tertiary/aromatic N) is 2. The van der Waals surface area contributed by atoms with Crippen LogP contribution >= 0.6 is 0 Å². The van der Waals surface area contributed by atoms with Crippen LogP contribution < -0.4 is 0 Å². The van der Waals surface area contributed by atoms with Gasteiger partial charge in [0, 0.05) is 12.1 Å². The number of hydrogen-bond donors (Lipinski definition) is 1. The Kier molecular flexibility index (Phi) is 4.36. The molecule has 1 atom stereocenters. The van der Waals surface area contributed by atoms with Crippen LogP contribution in [-0.2, 0) is 9.53 Å². The Labute approximate surface area is 124 Å². The number of benzene rings is 1. The van der Waals surface area contributed by atoms with E-state index < -0.39 is 40.0 Å². The summed E-state index contributed by atoms with van der Waals surface area (Å²) in [6, 6.07) is 1.76. The summed E-state index contributed by atoms with van der Waals surface area (Å²) >= 11 is 0. The van der Waals surface area contributed by atoms with Crippen molar-refractivity contribution in [2.45, 2.75) is 13.0 Å². The van der Waals surface area contributed by atoms with Crippen LogP contribution in [0.2, 0.25) is 0 Å². The van der Waals surface area contributed by atoms with Gasteiger partial charge in [-0.15, -0.1) is 0 Å². The SMILES string of the molecule is Cc1cc(F)cc(C(=O)N2CCOC(C(=O)O)C2)c1[N+](=O)[O-]. The maximum Gasteiger partial charge on any atom is 0.334 e. The van der Waals surface area contributed by atoms with Crippen LogP contribution in [0.4, 0.5) is 10.1 Å². The molecule has 0 aliphatic carbocycles. The van der Waals surface area contributed by atoms with Gasteiger partial charge in [0.15, 0.2) is 6.10 Å². The second kappa shape index (κ2) is 6.06. The quantitative estimate of drug-likeness (QED) is 0.657. The van der Waals surface area contributed by atoms with Crippen molar-refractivity contribution in [3.8, 4) is 0 Å². The number of nitro benzene ring substituents is 1. The van der Waals surface area contributed by atoms with Gasteiger partial charge >= 0.3 is 5.97 Å². The molecule has 1 aliphatic rings. The standard InChI is InChI=1S/C13H13FN2O6/c1-7-4-8(14)5-9(11(7)16(20)21)12(17)15-2-3-22-10(6-15)13(18)19/h4-5,10H,2-3,6H2,1H3,(H,18,19). The molecule has 0 radical (unpaired) electrons. The van der Waals surface area contributed by atoms with Gasteiger partial charge in [-0.25, -0.2) is 9.18 Å². The number of carbonyl (C=O) groups is 2. The Hall–Kier alpha value is -2.55. The molecule has 1 aliphatic heterocycles. The first-order valence-electron chi connectivity index (χ1n) is 6.39. The summed E-state index contributed by atoms with van der Waals surface area (Å²) in [5.41, 5.74) is -0.852. The minimum atomic E-state index is -1.23. The first kappa shape index (κ1) is 15.8. The minimum Gasteiger partial charge on any atom is -0.479 e. The Morgan fingerprint density at radius 3 is 2.77 bits per heavy atom. The van der Waals surface area contributed by atoms with Crippen molar-refractivity contribution < 1.29 is 28.7 Å². The van der Waals surface area contributed by atoms with Crippen LogP contribution in [0.3, 0.4) is 0 Å². The number of aryl methyl sites for hydroxylation is 1. The molecule has 0 spiro atoms. The molecule has 1 saturated heterocycles. The number of carboxylic acid groups (broad SMARTS) is 1. The van der Waals surface area contributed by atoms with E-state index >= 15 is 0 Å². The number of amides is 1. The average molecular weight is 312 g/mol. The van der Waals surface area contributed by atoms with Crippen LogP contribution in [0.1, 0.15) is 15.9 Å². The molecular weight excluding hydrogens is 299 g/mol. The lowest BCUT2D eigenvalue weighted by Gasteiger charge is -2.30. The smallest absolute Gasteiger partial charge is 0.334 e. The van der Waals surface area contributed by atoms with Crippen molar-refractivity contribution in [2.24, 2.45) is 0 Å². The molecule has 1 amide bonds. The molecule has 1 unspecified atom stereocenters. The lowest BCUT2D eigenvalue weighted by Crippen LogP contribution is -2.48. The van der Waals surface area contributed by atoms with Crippen molar-refractivity contribution in [1.82, 2.24) is 4.90 Å². The Morgan fingerprint density at radius 2 is 2.18 bits per heavy atom. The molecule has 0 bridgehead atoms. The van der Waals surface area contributed by atoms with Crippen LogP contribution in [0.25, 0.3) is 0 Å². The molecule has 22 heavy (non-hydrogen) atoms. The van der Waals surface area contributed by atoms with E-state index in [1.54, 1.807) is 0 Å². The van der Waals surface area contributed by atoms with E-state index in [-0.39, 0.29) is 25.3 Å². The highest BCUT2D eigenvalue weighted by Crippen LogP contribution is 2.26. The third-order valence-electron chi connectivity index (χ3n) is 3.31. The highest BCUT2D eigenvalue weighted by atomic mass is 19.1. The van der Waals surface area contributed by atoms with Gasteiger partial charge in [0.05, 0.1) is 18.1 Å². The number of nitro groups is 1. The van der Waals surface area contributed by atoms with E-state index in [0.29, 0.717) is 0 Å². The first-order chi connectivity index (χ1) is 10.3. The van der Waals surface area contributed by atoms with Gasteiger partial charge in [0.1, 0.15) is 11.4 Å². The van der Waals surface area contributed by atoms with Gasteiger partial charge in [0.2, 0.25) is 0 Å². The number of hydrogen-bond acceptors (Lipinski definition) is 5. The topological polar surface area (TPSA) is 110 Å². The van der Waals surface area contributed by atoms with Crippen LogP contribution in [0.15, 0.2) is 12.1 Å². The van der Waals surface area contributed by atoms with E-state index in [0.717, 1.165) is 17.0 Å². The van der Waals surface area contributed by atoms with Crippen molar-refractivity contribution >= 4 is 17.6 Å². The average Bonchev–Trinajstić information content (AvgIpc) is 2.45. The Balaban J connectivity index is 2.37.